The maximum atomic E-state index is 11.9. The fourth-order valence-corrected chi connectivity index (χ4v) is 2.35. The van der Waals surface area contributed by atoms with E-state index in [4.69, 9.17) is 14.4 Å². The van der Waals surface area contributed by atoms with Crippen molar-refractivity contribution < 1.29 is 19.2 Å². The Balaban J connectivity index is 1.89. The number of hydrogen-bond acceptors (Lipinski definition) is 6. The Labute approximate surface area is 147 Å². The molecule has 2 N–H and O–H groups in total. The first kappa shape index (κ1) is 19.1. The van der Waals surface area contributed by atoms with Gasteiger partial charge >= 0.3 is 0 Å². The number of carbonyl (C=O) groups is 1. The molecule has 1 amide bonds. The van der Waals surface area contributed by atoms with Crippen molar-refractivity contribution >= 4 is 5.91 Å². The Morgan fingerprint density at radius 1 is 1.32 bits per heavy atom. The lowest BCUT2D eigenvalue weighted by Crippen LogP contribution is -2.40. The molecule has 0 radical (unpaired) electrons. The first-order chi connectivity index (χ1) is 12.0. The summed E-state index contributed by atoms with van der Waals surface area (Å²) in [5, 5.41) is 15.8. The van der Waals surface area contributed by atoms with E-state index in [1.54, 1.807) is 0 Å². The maximum absolute atomic E-state index is 11.9. The Morgan fingerprint density at radius 3 is 2.64 bits per heavy atom. The van der Waals surface area contributed by atoms with Crippen molar-refractivity contribution in [2.45, 2.75) is 38.6 Å². The normalized spacial score (nSPS) is 12.4. The molecule has 7 heteroatoms. The van der Waals surface area contributed by atoms with Crippen molar-refractivity contribution in [1.82, 2.24) is 15.5 Å². The minimum Gasteiger partial charge on any atom is -0.394 e. The van der Waals surface area contributed by atoms with Gasteiger partial charge in [-0.2, -0.15) is 4.98 Å². The van der Waals surface area contributed by atoms with Gasteiger partial charge < -0.3 is 19.7 Å². The van der Waals surface area contributed by atoms with Gasteiger partial charge in [-0.3, -0.25) is 4.79 Å². The van der Waals surface area contributed by atoms with Crippen LogP contribution in [-0.4, -0.2) is 47.5 Å². The number of aromatic nitrogens is 2. The van der Waals surface area contributed by atoms with Crippen molar-refractivity contribution in [3.63, 3.8) is 0 Å². The lowest BCUT2D eigenvalue weighted by Gasteiger charge is -2.14. The van der Waals surface area contributed by atoms with Crippen LogP contribution in [0.5, 0.6) is 0 Å². The van der Waals surface area contributed by atoms with E-state index in [-0.39, 0.29) is 25.5 Å². The monoisotopic (exact) mass is 347 g/mol. The number of carbonyl (C=O) groups excluding carboxylic acids is 1. The lowest BCUT2D eigenvalue weighted by molar-refractivity contribution is -0.122. The quantitative estimate of drug-likeness (QED) is 0.719. The minimum atomic E-state index is -0.407. The zero-order valence-corrected chi connectivity index (χ0v) is 14.9. The van der Waals surface area contributed by atoms with E-state index in [2.05, 4.69) is 29.3 Å². The van der Waals surface area contributed by atoms with Crippen LogP contribution in [0.1, 0.15) is 37.6 Å². The number of amides is 1. The Bertz CT molecular complexity index is 667. The zero-order chi connectivity index (χ0) is 18.2. The number of nitrogens with zero attached hydrogens (tertiary/aromatic N) is 2. The first-order valence-electron chi connectivity index (χ1n) is 8.35. The molecule has 2 aromatic rings. The maximum Gasteiger partial charge on any atom is 0.227 e. The summed E-state index contributed by atoms with van der Waals surface area (Å²) in [6.45, 7) is 4.37. The highest BCUT2D eigenvalue weighted by Gasteiger charge is 2.14. The van der Waals surface area contributed by atoms with Crippen LogP contribution >= 0.6 is 0 Å². The second kappa shape index (κ2) is 9.29. The van der Waals surface area contributed by atoms with Gasteiger partial charge in [0.2, 0.25) is 17.6 Å². The zero-order valence-electron chi connectivity index (χ0n) is 14.9. The van der Waals surface area contributed by atoms with Gasteiger partial charge in [-0.1, -0.05) is 43.3 Å². The van der Waals surface area contributed by atoms with Crippen molar-refractivity contribution in [1.29, 1.82) is 0 Å². The number of nitrogens with one attached hydrogen (secondary N) is 1. The minimum absolute atomic E-state index is 0.170. The number of rotatable bonds is 9. The second-order valence-electron chi connectivity index (χ2n) is 6.19. The molecule has 1 aromatic carbocycles. The average Bonchev–Trinajstić information content (AvgIpc) is 3.08. The van der Waals surface area contributed by atoms with Gasteiger partial charge in [-0.05, 0) is 11.5 Å². The van der Waals surface area contributed by atoms with Gasteiger partial charge in [0.1, 0.15) is 0 Å². The molecule has 0 bridgehead atoms. The molecular formula is C18H25N3O4. The smallest absolute Gasteiger partial charge is 0.227 e. The molecule has 0 fully saturated rings. The predicted molar refractivity (Wildman–Crippen MR) is 93.0 cm³/mol. The van der Waals surface area contributed by atoms with Crippen LogP contribution in [0, 0.1) is 0 Å². The van der Waals surface area contributed by atoms with E-state index in [1.807, 2.05) is 24.3 Å². The number of hydrogen-bond donors (Lipinski definition) is 2. The van der Waals surface area contributed by atoms with Crippen LogP contribution < -0.4 is 5.32 Å². The van der Waals surface area contributed by atoms with Gasteiger partial charge in [0.25, 0.3) is 0 Å². The standard InChI is InChI=1S/C18H25N3O4/c1-12(2)13-4-6-14(7-5-13)18-20-17(25-21-18)9-8-16(23)19-15(10-22)11-24-3/h4-7,12,15,22H,8-11H2,1-3H3,(H,19,23)/t15-/m0/s1. The van der Waals surface area contributed by atoms with Crippen molar-refractivity contribution in [3.05, 3.63) is 35.7 Å². The predicted octanol–water partition coefficient (Wildman–Crippen LogP) is 1.92. The topological polar surface area (TPSA) is 97.5 Å². The summed E-state index contributed by atoms with van der Waals surface area (Å²) < 4.78 is 10.1. The molecule has 1 atom stereocenters. The van der Waals surface area contributed by atoms with Gasteiger partial charge in [0.05, 0.1) is 19.3 Å². The Hall–Kier alpha value is -2.25. The molecule has 1 heterocycles. The van der Waals surface area contributed by atoms with Crippen molar-refractivity contribution in [3.8, 4) is 11.4 Å². The van der Waals surface area contributed by atoms with Crippen LogP contribution in [0.4, 0.5) is 0 Å². The molecule has 0 saturated carbocycles. The van der Waals surface area contributed by atoms with Crippen molar-refractivity contribution in [2.24, 2.45) is 0 Å². The van der Waals surface area contributed by atoms with E-state index in [0.29, 0.717) is 24.1 Å². The van der Waals surface area contributed by atoms with Crippen LogP contribution in [0.2, 0.25) is 0 Å². The lowest BCUT2D eigenvalue weighted by atomic mass is 10.0. The van der Waals surface area contributed by atoms with Gasteiger partial charge in [0.15, 0.2) is 0 Å². The summed E-state index contributed by atoms with van der Waals surface area (Å²) in [6, 6.07) is 7.62. The molecular weight excluding hydrogens is 322 g/mol. The van der Waals surface area contributed by atoms with E-state index in [9.17, 15) is 4.79 Å². The average molecular weight is 347 g/mol. The fourth-order valence-electron chi connectivity index (χ4n) is 2.35. The molecule has 0 saturated heterocycles. The SMILES string of the molecule is COC[C@H](CO)NC(=O)CCc1nc(-c2ccc(C(C)C)cc2)no1. The van der Waals surface area contributed by atoms with Crippen molar-refractivity contribution in [2.75, 3.05) is 20.3 Å². The first-order valence-corrected chi connectivity index (χ1v) is 8.35. The van der Waals surface area contributed by atoms with E-state index in [0.717, 1.165) is 5.56 Å². The number of aryl methyl sites for hydroxylation is 1. The highest BCUT2D eigenvalue weighted by atomic mass is 16.5. The molecule has 2 rings (SSSR count). The van der Waals surface area contributed by atoms with Crippen LogP contribution in [0.15, 0.2) is 28.8 Å². The van der Waals surface area contributed by atoms with Gasteiger partial charge in [-0.15, -0.1) is 0 Å². The molecule has 0 unspecified atom stereocenters. The number of aliphatic hydroxyl groups excluding tert-OH is 1. The number of benzene rings is 1. The summed E-state index contributed by atoms with van der Waals surface area (Å²) >= 11 is 0. The molecule has 25 heavy (non-hydrogen) atoms. The third kappa shape index (κ3) is 5.65. The Kier molecular flexibility index (Phi) is 7.09. The van der Waals surface area contributed by atoms with Crippen LogP contribution in [0.25, 0.3) is 11.4 Å². The third-order valence-electron chi connectivity index (χ3n) is 3.82. The van der Waals surface area contributed by atoms with Crippen LogP contribution in [-0.2, 0) is 16.0 Å². The molecule has 1 aromatic heterocycles. The summed E-state index contributed by atoms with van der Waals surface area (Å²) in [4.78, 5) is 16.2. The van der Waals surface area contributed by atoms with Crippen LogP contribution in [0.3, 0.4) is 0 Å². The summed E-state index contributed by atoms with van der Waals surface area (Å²) in [5.41, 5.74) is 2.13. The van der Waals surface area contributed by atoms with E-state index >= 15 is 0 Å². The molecule has 0 aliphatic rings. The van der Waals surface area contributed by atoms with Gasteiger partial charge in [-0.25, -0.2) is 0 Å². The second-order valence-corrected chi connectivity index (χ2v) is 6.19. The third-order valence-corrected chi connectivity index (χ3v) is 3.82. The largest absolute Gasteiger partial charge is 0.394 e. The highest BCUT2D eigenvalue weighted by Crippen LogP contribution is 2.20. The molecule has 0 aliphatic heterocycles. The fraction of sp³-hybridized carbons (Fsp3) is 0.500. The summed E-state index contributed by atoms with van der Waals surface area (Å²) in [5.74, 6) is 1.19. The number of methoxy groups -OCH3 is 1. The number of aliphatic hydroxyl groups is 1. The molecule has 0 aliphatic carbocycles. The summed E-state index contributed by atoms with van der Waals surface area (Å²) in [6.07, 6.45) is 0.544. The molecule has 136 valence electrons. The highest BCUT2D eigenvalue weighted by molar-refractivity contribution is 5.76. The Morgan fingerprint density at radius 2 is 2.04 bits per heavy atom. The van der Waals surface area contributed by atoms with E-state index in [1.165, 1.54) is 12.7 Å². The number of ether oxygens (including phenoxy) is 1. The molecule has 7 nitrogen and oxygen atoms in total. The van der Waals surface area contributed by atoms with Gasteiger partial charge in [0, 0.05) is 25.5 Å². The van der Waals surface area contributed by atoms with E-state index < -0.39 is 6.04 Å². The summed E-state index contributed by atoms with van der Waals surface area (Å²) in [7, 11) is 1.52. The molecule has 0 spiro atoms.